The summed E-state index contributed by atoms with van der Waals surface area (Å²) in [5.41, 5.74) is 3.42. The van der Waals surface area contributed by atoms with Crippen molar-refractivity contribution in [2.75, 3.05) is 6.26 Å². The number of hydrogen-bond acceptors (Lipinski definition) is 5. The highest BCUT2D eigenvalue weighted by atomic mass is 32.2. The second-order valence-electron chi connectivity index (χ2n) is 4.85. The molecular formula is C16H13N3OS2. The fourth-order valence-corrected chi connectivity index (χ4v) is 3.59. The van der Waals surface area contributed by atoms with E-state index in [1.165, 1.54) is 27.5 Å². The number of hydrogen-bond donors (Lipinski definition) is 0. The maximum absolute atomic E-state index is 5.72. The lowest BCUT2D eigenvalue weighted by Crippen LogP contribution is -2.01. The van der Waals surface area contributed by atoms with Gasteiger partial charge in [0.05, 0.1) is 10.2 Å². The average Bonchev–Trinajstić information content (AvgIpc) is 3.25. The Morgan fingerprint density at radius 3 is 2.82 bits per heavy atom. The fraction of sp³-hybridized carbons (Fsp3) is 0.125. The van der Waals surface area contributed by atoms with E-state index in [1.54, 1.807) is 11.3 Å². The van der Waals surface area contributed by atoms with Crippen LogP contribution in [0.25, 0.3) is 21.8 Å². The van der Waals surface area contributed by atoms with Crippen molar-refractivity contribution >= 4 is 33.3 Å². The van der Waals surface area contributed by atoms with E-state index in [4.69, 9.17) is 4.42 Å². The molecule has 0 aliphatic heterocycles. The van der Waals surface area contributed by atoms with Crippen molar-refractivity contribution in [1.29, 1.82) is 0 Å². The molecule has 3 heterocycles. The summed E-state index contributed by atoms with van der Waals surface area (Å²) >= 11 is 3.18. The van der Waals surface area contributed by atoms with Crippen LogP contribution < -0.4 is 0 Å². The van der Waals surface area contributed by atoms with Gasteiger partial charge < -0.3 is 8.98 Å². The Labute approximate surface area is 135 Å². The molecule has 6 heteroatoms. The zero-order valence-corrected chi connectivity index (χ0v) is 13.5. The molecule has 0 atom stereocenters. The maximum atomic E-state index is 5.72. The van der Waals surface area contributed by atoms with Gasteiger partial charge in [0.2, 0.25) is 0 Å². The Morgan fingerprint density at radius 2 is 2.05 bits per heavy atom. The number of fused-ring (bicyclic) bond motifs is 1. The molecule has 0 aliphatic carbocycles. The summed E-state index contributed by atoms with van der Waals surface area (Å²) in [4.78, 5) is 0. The first-order valence-corrected chi connectivity index (χ1v) is 8.94. The molecule has 0 fully saturated rings. The molecule has 4 nitrogen and oxygen atoms in total. The summed E-state index contributed by atoms with van der Waals surface area (Å²) in [5.74, 6) is 0.573. The first-order valence-electron chi connectivity index (χ1n) is 6.83. The number of benzene rings is 1. The van der Waals surface area contributed by atoms with E-state index in [1.807, 2.05) is 12.3 Å². The zero-order chi connectivity index (χ0) is 14.9. The first kappa shape index (κ1) is 13.6. The SMILES string of the molecule is CSc1nnc(-c2cc3sccc3n2Cc2ccccc2)o1. The highest BCUT2D eigenvalue weighted by Crippen LogP contribution is 2.32. The zero-order valence-electron chi connectivity index (χ0n) is 11.9. The number of nitrogens with zero attached hydrogens (tertiary/aromatic N) is 3. The quantitative estimate of drug-likeness (QED) is 0.517. The summed E-state index contributed by atoms with van der Waals surface area (Å²) in [7, 11) is 0. The van der Waals surface area contributed by atoms with E-state index in [2.05, 4.69) is 56.5 Å². The number of aromatic nitrogens is 3. The Kier molecular flexibility index (Phi) is 3.48. The predicted octanol–water partition coefficient (Wildman–Crippen LogP) is 4.52. The van der Waals surface area contributed by atoms with Gasteiger partial charge in [-0.3, -0.25) is 0 Å². The van der Waals surface area contributed by atoms with E-state index in [-0.39, 0.29) is 0 Å². The predicted molar refractivity (Wildman–Crippen MR) is 90.4 cm³/mol. The third-order valence-electron chi connectivity index (χ3n) is 3.51. The molecule has 0 spiro atoms. The monoisotopic (exact) mass is 327 g/mol. The number of thiophene rings is 1. The van der Waals surface area contributed by atoms with Gasteiger partial charge in [-0.05, 0) is 29.3 Å². The molecule has 3 aromatic heterocycles. The molecule has 0 amide bonds. The van der Waals surface area contributed by atoms with Crippen molar-refractivity contribution < 1.29 is 4.42 Å². The topological polar surface area (TPSA) is 43.9 Å². The Morgan fingerprint density at radius 1 is 1.18 bits per heavy atom. The van der Waals surface area contributed by atoms with Crippen LogP contribution in [0.5, 0.6) is 0 Å². The van der Waals surface area contributed by atoms with Crippen LogP contribution in [0.4, 0.5) is 0 Å². The van der Waals surface area contributed by atoms with Gasteiger partial charge in [0.1, 0.15) is 5.69 Å². The van der Waals surface area contributed by atoms with Crippen LogP contribution in [0.15, 0.2) is 57.5 Å². The minimum atomic E-state index is 0.573. The molecule has 0 N–H and O–H groups in total. The highest BCUT2D eigenvalue weighted by Gasteiger charge is 2.17. The minimum absolute atomic E-state index is 0.573. The minimum Gasteiger partial charge on any atom is -0.410 e. The van der Waals surface area contributed by atoms with E-state index in [0.29, 0.717) is 11.1 Å². The van der Waals surface area contributed by atoms with Gasteiger partial charge >= 0.3 is 0 Å². The fourth-order valence-electron chi connectivity index (χ4n) is 2.49. The molecule has 4 aromatic rings. The average molecular weight is 327 g/mol. The van der Waals surface area contributed by atoms with Gasteiger partial charge in [0.15, 0.2) is 0 Å². The second-order valence-corrected chi connectivity index (χ2v) is 6.55. The lowest BCUT2D eigenvalue weighted by molar-refractivity contribution is 0.463. The molecule has 0 saturated carbocycles. The van der Waals surface area contributed by atoms with Gasteiger partial charge in [-0.1, -0.05) is 42.1 Å². The molecule has 0 radical (unpaired) electrons. The van der Waals surface area contributed by atoms with Crippen LogP contribution in [0, 0.1) is 0 Å². The number of rotatable bonds is 4. The summed E-state index contributed by atoms with van der Waals surface area (Å²) in [5, 5.41) is 10.9. The van der Waals surface area contributed by atoms with E-state index in [9.17, 15) is 0 Å². The largest absolute Gasteiger partial charge is 0.410 e. The summed E-state index contributed by atoms with van der Waals surface area (Å²) in [6.07, 6.45) is 1.93. The lowest BCUT2D eigenvalue weighted by atomic mass is 10.2. The summed E-state index contributed by atoms with van der Waals surface area (Å²) in [6.45, 7) is 0.785. The molecule has 0 saturated heterocycles. The van der Waals surface area contributed by atoms with Crippen molar-refractivity contribution in [3.05, 3.63) is 53.4 Å². The third kappa shape index (κ3) is 2.34. The highest BCUT2D eigenvalue weighted by molar-refractivity contribution is 7.98. The smallest absolute Gasteiger partial charge is 0.276 e. The molecule has 4 rings (SSSR count). The molecule has 0 bridgehead atoms. The second kappa shape index (κ2) is 5.62. The van der Waals surface area contributed by atoms with Gasteiger partial charge in [-0.25, -0.2) is 0 Å². The Bertz CT molecular complexity index is 908. The van der Waals surface area contributed by atoms with Crippen LogP contribution in [-0.2, 0) is 6.54 Å². The van der Waals surface area contributed by atoms with Gasteiger partial charge in [-0.15, -0.1) is 21.5 Å². The van der Waals surface area contributed by atoms with Crippen molar-refractivity contribution in [2.24, 2.45) is 0 Å². The Hall–Kier alpha value is -2.05. The lowest BCUT2D eigenvalue weighted by Gasteiger charge is -2.08. The number of thioether (sulfide) groups is 1. The van der Waals surface area contributed by atoms with Crippen LogP contribution >= 0.6 is 23.1 Å². The Balaban J connectivity index is 1.84. The molecular weight excluding hydrogens is 314 g/mol. The van der Waals surface area contributed by atoms with Crippen LogP contribution in [0.2, 0.25) is 0 Å². The maximum Gasteiger partial charge on any atom is 0.276 e. The van der Waals surface area contributed by atoms with Gasteiger partial charge in [-0.2, -0.15) is 0 Å². The third-order valence-corrected chi connectivity index (χ3v) is 4.87. The van der Waals surface area contributed by atoms with Gasteiger partial charge in [0, 0.05) is 6.54 Å². The van der Waals surface area contributed by atoms with Crippen LogP contribution in [0.3, 0.4) is 0 Å². The molecule has 0 aliphatic rings. The molecule has 1 aromatic carbocycles. The summed E-state index contributed by atoms with van der Waals surface area (Å²) < 4.78 is 9.19. The molecule has 110 valence electrons. The standard InChI is InChI=1S/C16H13N3OS2/c1-21-16-18-17-15(20-16)13-9-14-12(7-8-22-14)19(13)10-11-5-3-2-4-6-11/h2-9H,10H2,1H3. The van der Waals surface area contributed by atoms with Crippen molar-refractivity contribution in [2.45, 2.75) is 11.8 Å². The van der Waals surface area contributed by atoms with Crippen LogP contribution in [0.1, 0.15) is 5.56 Å². The van der Waals surface area contributed by atoms with E-state index >= 15 is 0 Å². The van der Waals surface area contributed by atoms with E-state index < -0.39 is 0 Å². The van der Waals surface area contributed by atoms with Crippen LogP contribution in [-0.4, -0.2) is 21.0 Å². The first-order chi connectivity index (χ1) is 10.8. The molecule has 22 heavy (non-hydrogen) atoms. The molecule has 0 unspecified atom stereocenters. The van der Waals surface area contributed by atoms with E-state index in [0.717, 1.165) is 12.2 Å². The van der Waals surface area contributed by atoms with Crippen molar-refractivity contribution in [3.63, 3.8) is 0 Å². The van der Waals surface area contributed by atoms with Crippen molar-refractivity contribution in [1.82, 2.24) is 14.8 Å². The normalized spacial score (nSPS) is 11.3. The van der Waals surface area contributed by atoms with Crippen molar-refractivity contribution in [3.8, 4) is 11.6 Å². The summed E-state index contributed by atoms with van der Waals surface area (Å²) in [6, 6.07) is 14.7. The van der Waals surface area contributed by atoms with Gasteiger partial charge in [0.25, 0.3) is 11.1 Å².